The van der Waals surface area contributed by atoms with Crippen molar-refractivity contribution in [1.29, 1.82) is 0 Å². The SMILES string of the molecule is CC(C)(C)OC(=O)NCc1cccc(F)c1I. The molecule has 0 saturated heterocycles. The molecule has 1 aromatic carbocycles. The van der Waals surface area contributed by atoms with E-state index < -0.39 is 11.7 Å². The van der Waals surface area contributed by atoms with Gasteiger partial charge in [-0.05, 0) is 55.0 Å². The molecule has 0 aliphatic carbocycles. The summed E-state index contributed by atoms with van der Waals surface area (Å²) in [6.07, 6.45) is -0.502. The second-order valence-electron chi connectivity index (χ2n) is 4.57. The fraction of sp³-hybridized carbons (Fsp3) is 0.417. The monoisotopic (exact) mass is 351 g/mol. The van der Waals surface area contributed by atoms with Gasteiger partial charge in [-0.3, -0.25) is 0 Å². The van der Waals surface area contributed by atoms with Crippen molar-refractivity contribution in [3.63, 3.8) is 0 Å². The summed E-state index contributed by atoms with van der Waals surface area (Å²) in [5, 5.41) is 2.59. The molecule has 1 rings (SSSR count). The van der Waals surface area contributed by atoms with Gasteiger partial charge in [0.25, 0.3) is 0 Å². The minimum atomic E-state index is -0.529. The Bertz CT molecular complexity index is 415. The normalized spacial score (nSPS) is 11.1. The van der Waals surface area contributed by atoms with Crippen molar-refractivity contribution in [2.45, 2.75) is 32.9 Å². The number of carbonyl (C=O) groups is 1. The topological polar surface area (TPSA) is 38.3 Å². The van der Waals surface area contributed by atoms with Crippen LogP contribution in [-0.4, -0.2) is 11.7 Å². The van der Waals surface area contributed by atoms with Gasteiger partial charge in [-0.1, -0.05) is 12.1 Å². The molecule has 0 radical (unpaired) electrons. The summed E-state index contributed by atoms with van der Waals surface area (Å²) in [7, 11) is 0. The molecule has 0 heterocycles. The molecule has 0 unspecified atom stereocenters. The highest BCUT2D eigenvalue weighted by atomic mass is 127. The quantitative estimate of drug-likeness (QED) is 0.829. The first-order chi connectivity index (χ1) is 7.79. The van der Waals surface area contributed by atoms with Gasteiger partial charge >= 0.3 is 6.09 Å². The minimum Gasteiger partial charge on any atom is -0.444 e. The molecule has 0 aliphatic heterocycles. The average Bonchev–Trinajstić information content (AvgIpc) is 2.18. The Hall–Kier alpha value is -0.850. The van der Waals surface area contributed by atoms with Crippen LogP contribution in [-0.2, 0) is 11.3 Å². The predicted molar refractivity (Wildman–Crippen MR) is 72.2 cm³/mol. The number of ether oxygens (including phenoxy) is 1. The van der Waals surface area contributed by atoms with Gasteiger partial charge in [0.15, 0.2) is 0 Å². The van der Waals surface area contributed by atoms with E-state index in [-0.39, 0.29) is 12.4 Å². The molecule has 5 heteroatoms. The van der Waals surface area contributed by atoms with Crippen molar-refractivity contribution in [2.24, 2.45) is 0 Å². The molecular weight excluding hydrogens is 336 g/mol. The Morgan fingerprint density at radius 2 is 2.12 bits per heavy atom. The maximum absolute atomic E-state index is 13.2. The highest BCUT2D eigenvalue weighted by Crippen LogP contribution is 2.16. The van der Waals surface area contributed by atoms with Gasteiger partial charge in [0, 0.05) is 6.54 Å². The molecule has 0 aromatic heterocycles. The number of alkyl carbamates (subject to hydrolysis) is 1. The Morgan fingerprint density at radius 3 is 2.71 bits per heavy atom. The van der Waals surface area contributed by atoms with Crippen molar-refractivity contribution < 1.29 is 13.9 Å². The number of nitrogens with one attached hydrogen (secondary N) is 1. The number of rotatable bonds is 2. The summed E-state index contributed by atoms with van der Waals surface area (Å²) in [6.45, 7) is 5.63. The smallest absolute Gasteiger partial charge is 0.407 e. The van der Waals surface area contributed by atoms with E-state index in [0.29, 0.717) is 3.57 Å². The Kier molecular flexibility index (Phi) is 4.73. The third-order valence-corrected chi connectivity index (χ3v) is 3.06. The molecular formula is C12H15FINO2. The third-order valence-electron chi connectivity index (χ3n) is 1.85. The van der Waals surface area contributed by atoms with Gasteiger partial charge in [-0.15, -0.1) is 0 Å². The number of hydrogen-bond donors (Lipinski definition) is 1. The molecule has 0 aliphatic rings. The molecule has 3 nitrogen and oxygen atoms in total. The summed E-state index contributed by atoms with van der Waals surface area (Å²) < 4.78 is 18.8. The van der Waals surface area contributed by atoms with Crippen LogP contribution >= 0.6 is 22.6 Å². The standard InChI is InChI=1S/C12H15FINO2/c1-12(2,3)17-11(16)15-7-8-5-4-6-9(13)10(8)14/h4-6H,7H2,1-3H3,(H,15,16). The summed E-state index contributed by atoms with van der Waals surface area (Å²) in [6, 6.07) is 4.77. The van der Waals surface area contributed by atoms with Gasteiger partial charge < -0.3 is 10.1 Å². The maximum atomic E-state index is 13.2. The predicted octanol–water partition coefficient (Wildman–Crippen LogP) is 3.46. The van der Waals surface area contributed by atoms with E-state index in [1.54, 1.807) is 32.9 Å². The Balaban J connectivity index is 2.56. The Morgan fingerprint density at radius 1 is 1.47 bits per heavy atom. The van der Waals surface area contributed by atoms with Crippen molar-refractivity contribution in [3.05, 3.63) is 33.1 Å². The first-order valence-corrected chi connectivity index (χ1v) is 6.27. The molecule has 0 saturated carbocycles. The summed E-state index contributed by atoms with van der Waals surface area (Å²) in [4.78, 5) is 11.4. The van der Waals surface area contributed by atoms with Crippen LogP contribution in [0.1, 0.15) is 26.3 Å². The van der Waals surface area contributed by atoms with E-state index in [9.17, 15) is 9.18 Å². The highest BCUT2D eigenvalue weighted by molar-refractivity contribution is 14.1. The van der Waals surface area contributed by atoms with Crippen LogP contribution in [0.2, 0.25) is 0 Å². The summed E-state index contributed by atoms with van der Waals surface area (Å²) >= 11 is 1.91. The molecule has 0 bridgehead atoms. The second-order valence-corrected chi connectivity index (χ2v) is 5.65. The molecule has 94 valence electrons. The average molecular weight is 351 g/mol. The maximum Gasteiger partial charge on any atom is 0.407 e. The largest absolute Gasteiger partial charge is 0.444 e. The number of benzene rings is 1. The number of halogens is 2. The van der Waals surface area contributed by atoms with Gasteiger partial charge in [-0.25, -0.2) is 9.18 Å². The lowest BCUT2D eigenvalue weighted by molar-refractivity contribution is 0.0523. The first kappa shape index (κ1) is 14.2. The second kappa shape index (κ2) is 5.66. The van der Waals surface area contributed by atoms with E-state index >= 15 is 0 Å². The lowest BCUT2D eigenvalue weighted by atomic mass is 10.2. The van der Waals surface area contributed by atoms with Crippen molar-refractivity contribution in [2.75, 3.05) is 0 Å². The first-order valence-electron chi connectivity index (χ1n) is 5.19. The van der Waals surface area contributed by atoms with Crippen molar-refractivity contribution in [3.8, 4) is 0 Å². The van der Waals surface area contributed by atoms with Gasteiger partial charge in [0.05, 0.1) is 3.57 Å². The molecule has 0 atom stereocenters. The molecule has 1 aromatic rings. The van der Waals surface area contributed by atoms with E-state index in [1.165, 1.54) is 6.07 Å². The van der Waals surface area contributed by atoms with E-state index in [2.05, 4.69) is 5.32 Å². The van der Waals surface area contributed by atoms with Crippen LogP contribution in [0.5, 0.6) is 0 Å². The fourth-order valence-electron chi connectivity index (χ4n) is 1.17. The molecule has 0 spiro atoms. The van der Waals surface area contributed by atoms with Crippen LogP contribution in [0.15, 0.2) is 18.2 Å². The van der Waals surface area contributed by atoms with Crippen LogP contribution in [0.25, 0.3) is 0 Å². The molecule has 17 heavy (non-hydrogen) atoms. The fourth-order valence-corrected chi connectivity index (χ4v) is 1.72. The zero-order chi connectivity index (χ0) is 13.1. The van der Waals surface area contributed by atoms with Crippen LogP contribution in [0, 0.1) is 9.39 Å². The molecule has 1 amide bonds. The van der Waals surface area contributed by atoms with Gasteiger partial charge in [-0.2, -0.15) is 0 Å². The molecule has 1 N–H and O–H groups in total. The van der Waals surface area contributed by atoms with Crippen LogP contribution in [0.3, 0.4) is 0 Å². The van der Waals surface area contributed by atoms with E-state index in [1.807, 2.05) is 22.6 Å². The summed E-state index contributed by atoms with van der Waals surface area (Å²) in [5.41, 5.74) is 0.204. The lowest BCUT2D eigenvalue weighted by Crippen LogP contribution is -2.32. The highest BCUT2D eigenvalue weighted by Gasteiger charge is 2.16. The third kappa shape index (κ3) is 4.89. The van der Waals surface area contributed by atoms with Crippen molar-refractivity contribution in [1.82, 2.24) is 5.32 Å². The minimum absolute atomic E-state index is 0.255. The number of carbonyl (C=O) groups excluding carboxylic acids is 1. The number of hydrogen-bond acceptors (Lipinski definition) is 2. The van der Waals surface area contributed by atoms with Gasteiger partial charge in [0.1, 0.15) is 11.4 Å². The van der Waals surface area contributed by atoms with Crippen molar-refractivity contribution >= 4 is 28.7 Å². The van der Waals surface area contributed by atoms with Crippen LogP contribution < -0.4 is 5.32 Å². The molecule has 0 fully saturated rings. The zero-order valence-corrected chi connectivity index (χ0v) is 12.2. The van der Waals surface area contributed by atoms with E-state index in [4.69, 9.17) is 4.74 Å². The summed E-state index contributed by atoms with van der Waals surface area (Å²) in [5.74, 6) is -0.283. The zero-order valence-electron chi connectivity index (χ0n) is 10.0. The number of amides is 1. The lowest BCUT2D eigenvalue weighted by Gasteiger charge is -2.19. The van der Waals surface area contributed by atoms with E-state index in [0.717, 1.165) is 5.56 Å². The van der Waals surface area contributed by atoms with Crippen LogP contribution in [0.4, 0.5) is 9.18 Å². The van der Waals surface area contributed by atoms with Gasteiger partial charge in [0.2, 0.25) is 0 Å². The Labute approximate surface area is 114 Å².